The molecule has 100 valence electrons. The van der Waals surface area contributed by atoms with Gasteiger partial charge in [0.2, 0.25) is 10.0 Å². The summed E-state index contributed by atoms with van der Waals surface area (Å²) < 4.78 is 26.6. The number of sulfonamides is 1. The molecule has 0 aromatic heterocycles. The van der Waals surface area contributed by atoms with Crippen LogP contribution in [0.15, 0.2) is 0 Å². The number of nitrogens with zero attached hydrogens (tertiary/aromatic N) is 2. The Labute approximate surface area is 104 Å². The first kappa shape index (κ1) is 13.3. The number of likely N-dealkylation sites (N-methyl/N-ethyl adjacent to an activating group) is 1. The quantitative estimate of drug-likeness (QED) is 0.742. The molecule has 1 N–H and O–H groups in total. The van der Waals surface area contributed by atoms with Crippen LogP contribution >= 0.6 is 0 Å². The van der Waals surface area contributed by atoms with Gasteiger partial charge in [0.15, 0.2) is 0 Å². The van der Waals surface area contributed by atoms with Gasteiger partial charge in [-0.2, -0.15) is 0 Å². The molecule has 0 saturated carbocycles. The molecule has 2 saturated heterocycles. The van der Waals surface area contributed by atoms with Crippen LogP contribution in [0.3, 0.4) is 0 Å². The van der Waals surface area contributed by atoms with Gasteiger partial charge in [0.05, 0.1) is 5.25 Å². The predicted octanol–water partition coefficient (Wildman–Crippen LogP) is -0.294. The third-order valence-corrected chi connectivity index (χ3v) is 6.04. The summed E-state index contributed by atoms with van der Waals surface area (Å²) in [6.45, 7) is 4.75. The highest BCUT2D eigenvalue weighted by atomic mass is 32.2. The SMILES string of the molecule is CN1CCCN(S(=O)(=O)C2CCCNC2)CC1. The van der Waals surface area contributed by atoms with E-state index >= 15 is 0 Å². The summed E-state index contributed by atoms with van der Waals surface area (Å²) in [6.07, 6.45) is 2.72. The van der Waals surface area contributed by atoms with E-state index in [9.17, 15) is 8.42 Å². The van der Waals surface area contributed by atoms with Gasteiger partial charge in [0.1, 0.15) is 0 Å². The van der Waals surface area contributed by atoms with Crippen LogP contribution in [0.5, 0.6) is 0 Å². The monoisotopic (exact) mass is 261 g/mol. The number of nitrogens with one attached hydrogen (secondary N) is 1. The molecule has 0 spiro atoms. The number of rotatable bonds is 2. The van der Waals surface area contributed by atoms with Crippen LogP contribution in [0, 0.1) is 0 Å². The molecule has 2 aliphatic rings. The summed E-state index contributed by atoms with van der Waals surface area (Å²) in [6, 6.07) is 0. The minimum absolute atomic E-state index is 0.209. The summed E-state index contributed by atoms with van der Waals surface area (Å²) in [4.78, 5) is 2.20. The molecule has 0 radical (unpaired) electrons. The van der Waals surface area contributed by atoms with Crippen LogP contribution in [0.1, 0.15) is 19.3 Å². The fourth-order valence-corrected chi connectivity index (χ4v) is 4.50. The Kier molecular flexibility index (Phi) is 4.41. The Morgan fingerprint density at radius 1 is 1.12 bits per heavy atom. The van der Waals surface area contributed by atoms with Crippen LogP contribution in [-0.4, -0.2) is 69.2 Å². The van der Waals surface area contributed by atoms with Gasteiger partial charge >= 0.3 is 0 Å². The first-order chi connectivity index (χ1) is 8.10. The normalized spacial score (nSPS) is 30.1. The molecular weight excluding hydrogens is 238 g/mol. The third kappa shape index (κ3) is 3.19. The van der Waals surface area contributed by atoms with Gasteiger partial charge in [-0.25, -0.2) is 12.7 Å². The smallest absolute Gasteiger partial charge is 0.218 e. The second kappa shape index (κ2) is 5.65. The van der Waals surface area contributed by atoms with Crippen LogP contribution < -0.4 is 5.32 Å². The molecule has 0 aliphatic carbocycles. The maximum Gasteiger partial charge on any atom is 0.218 e. The van der Waals surface area contributed by atoms with Crippen molar-refractivity contribution in [3.05, 3.63) is 0 Å². The second-order valence-corrected chi connectivity index (χ2v) is 7.28. The summed E-state index contributed by atoms with van der Waals surface area (Å²) in [5.41, 5.74) is 0. The standard InChI is InChI=1S/C11H23N3O2S/c1-13-6-3-7-14(9-8-13)17(15,16)11-4-2-5-12-10-11/h11-12H,2-10H2,1H3. The van der Waals surface area contributed by atoms with Crippen molar-refractivity contribution in [3.63, 3.8) is 0 Å². The van der Waals surface area contributed by atoms with E-state index in [4.69, 9.17) is 0 Å². The molecule has 2 aliphatic heterocycles. The lowest BCUT2D eigenvalue weighted by atomic mass is 10.2. The van der Waals surface area contributed by atoms with Crippen molar-refractivity contribution < 1.29 is 8.42 Å². The van der Waals surface area contributed by atoms with E-state index < -0.39 is 10.0 Å². The van der Waals surface area contributed by atoms with Gasteiger partial charge in [-0.3, -0.25) is 0 Å². The maximum atomic E-state index is 12.5. The summed E-state index contributed by atoms with van der Waals surface area (Å²) >= 11 is 0. The van der Waals surface area contributed by atoms with E-state index in [1.807, 2.05) is 0 Å². The minimum Gasteiger partial charge on any atom is -0.315 e. The highest BCUT2D eigenvalue weighted by molar-refractivity contribution is 7.89. The molecule has 1 atom stereocenters. The highest BCUT2D eigenvalue weighted by Gasteiger charge is 2.33. The topological polar surface area (TPSA) is 52.7 Å². The first-order valence-corrected chi connectivity index (χ1v) is 7.99. The Hall–Kier alpha value is -0.170. The molecule has 2 rings (SSSR count). The summed E-state index contributed by atoms with van der Waals surface area (Å²) in [5.74, 6) is 0. The molecule has 2 fully saturated rings. The molecule has 2 heterocycles. The average Bonchev–Trinajstić information content (AvgIpc) is 2.55. The lowest BCUT2D eigenvalue weighted by molar-refractivity contribution is 0.345. The van der Waals surface area contributed by atoms with Crippen molar-refractivity contribution in [2.75, 3.05) is 46.3 Å². The van der Waals surface area contributed by atoms with Gasteiger partial charge in [-0.05, 0) is 39.4 Å². The van der Waals surface area contributed by atoms with E-state index in [-0.39, 0.29) is 5.25 Å². The first-order valence-electron chi connectivity index (χ1n) is 6.49. The molecule has 0 aromatic carbocycles. The van der Waals surface area contributed by atoms with Gasteiger partial charge in [0, 0.05) is 26.2 Å². The lowest BCUT2D eigenvalue weighted by Gasteiger charge is -2.29. The second-order valence-electron chi connectivity index (χ2n) is 5.07. The van der Waals surface area contributed by atoms with E-state index in [2.05, 4.69) is 17.3 Å². The molecule has 6 heteroatoms. The Morgan fingerprint density at radius 3 is 2.65 bits per heavy atom. The van der Waals surface area contributed by atoms with Gasteiger partial charge in [-0.15, -0.1) is 0 Å². The van der Waals surface area contributed by atoms with Crippen molar-refractivity contribution in [1.82, 2.24) is 14.5 Å². The number of piperidine rings is 1. The largest absolute Gasteiger partial charge is 0.315 e. The zero-order valence-corrected chi connectivity index (χ0v) is 11.4. The van der Waals surface area contributed by atoms with Crippen LogP contribution in [-0.2, 0) is 10.0 Å². The van der Waals surface area contributed by atoms with Gasteiger partial charge in [-0.1, -0.05) is 0 Å². The van der Waals surface area contributed by atoms with Gasteiger partial charge in [0.25, 0.3) is 0 Å². The fraction of sp³-hybridized carbons (Fsp3) is 1.00. The van der Waals surface area contributed by atoms with Crippen molar-refractivity contribution in [3.8, 4) is 0 Å². The lowest BCUT2D eigenvalue weighted by Crippen LogP contribution is -2.47. The highest BCUT2D eigenvalue weighted by Crippen LogP contribution is 2.17. The predicted molar refractivity (Wildman–Crippen MR) is 68.5 cm³/mol. The molecule has 1 unspecified atom stereocenters. The average molecular weight is 261 g/mol. The van der Waals surface area contributed by atoms with Crippen molar-refractivity contribution in [2.45, 2.75) is 24.5 Å². The Bertz CT molecular complexity index is 339. The van der Waals surface area contributed by atoms with E-state index in [0.717, 1.165) is 38.9 Å². The van der Waals surface area contributed by atoms with Crippen LogP contribution in [0.2, 0.25) is 0 Å². The Balaban J connectivity index is 2.03. The molecule has 17 heavy (non-hydrogen) atoms. The number of hydrogen-bond donors (Lipinski definition) is 1. The van der Waals surface area contributed by atoms with E-state index in [1.165, 1.54) is 0 Å². The van der Waals surface area contributed by atoms with Crippen LogP contribution in [0.4, 0.5) is 0 Å². The molecule has 5 nitrogen and oxygen atoms in total. The summed E-state index contributed by atoms with van der Waals surface area (Å²) in [5, 5.41) is 2.98. The Morgan fingerprint density at radius 2 is 1.94 bits per heavy atom. The van der Waals surface area contributed by atoms with Crippen molar-refractivity contribution in [2.24, 2.45) is 0 Å². The molecule has 0 aromatic rings. The van der Waals surface area contributed by atoms with Crippen LogP contribution in [0.25, 0.3) is 0 Å². The third-order valence-electron chi connectivity index (χ3n) is 3.71. The molecule has 0 bridgehead atoms. The van der Waals surface area contributed by atoms with E-state index in [0.29, 0.717) is 19.6 Å². The molecule has 0 amide bonds. The zero-order chi connectivity index (χ0) is 12.3. The molecular formula is C11H23N3O2S. The van der Waals surface area contributed by atoms with Crippen molar-refractivity contribution >= 4 is 10.0 Å². The number of hydrogen-bond acceptors (Lipinski definition) is 4. The zero-order valence-electron chi connectivity index (χ0n) is 10.6. The maximum absolute atomic E-state index is 12.5. The minimum atomic E-state index is -3.09. The van der Waals surface area contributed by atoms with Gasteiger partial charge < -0.3 is 10.2 Å². The fourth-order valence-electron chi connectivity index (χ4n) is 2.56. The summed E-state index contributed by atoms with van der Waals surface area (Å²) in [7, 11) is -1.03. The van der Waals surface area contributed by atoms with Crippen molar-refractivity contribution in [1.29, 1.82) is 0 Å². The van der Waals surface area contributed by atoms with E-state index in [1.54, 1.807) is 4.31 Å².